The summed E-state index contributed by atoms with van der Waals surface area (Å²) in [7, 11) is 0. The number of benzene rings is 1. The van der Waals surface area contributed by atoms with Gasteiger partial charge in [0.25, 0.3) is 5.91 Å². The summed E-state index contributed by atoms with van der Waals surface area (Å²) in [5.41, 5.74) is -3.72. The highest BCUT2D eigenvalue weighted by Crippen LogP contribution is 2.45. The number of Topliss-reactive ketones (excluding diaryl/α,β-unsaturated/α-hetero) is 1. The van der Waals surface area contributed by atoms with E-state index in [2.05, 4.69) is 10.1 Å². The number of ketones is 1. The maximum atomic E-state index is 14.5. The van der Waals surface area contributed by atoms with E-state index in [-0.39, 0.29) is 46.9 Å². The van der Waals surface area contributed by atoms with Gasteiger partial charge in [-0.05, 0) is 49.8 Å². The molecule has 3 aromatic rings. The van der Waals surface area contributed by atoms with Gasteiger partial charge in [0, 0.05) is 25.0 Å². The first-order chi connectivity index (χ1) is 20.2. The summed E-state index contributed by atoms with van der Waals surface area (Å²) in [6, 6.07) is 1.47. The van der Waals surface area contributed by atoms with Crippen molar-refractivity contribution in [2.75, 3.05) is 6.54 Å². The molecule has 2 aromatic heterocycles. The third-order valence-corrected chi connectivity index (χ3v) is 8.31. The van der Waals surface area contributed by atoms with Crippen LogP contribution in [0.3, 0.4) is 0 Å². The monoisotopic (exact) mass is 646 g/mol. The number of carboxylic acids is 1. The molecular formula is C28H25Cl2F5N4O4. The Morgan fingerprint density at radius 3 is 2.14 bits per heavy atom. The summed E-state index contributed by atoms with van der Waals surface area (Å²) in [5.74, 6) is -5.17. The molecule has 1 amide bonds. The number of alkyl halides is 3. The van der Waals surface area contributed by atoms with Gasteiger partial charge in [-0.3, -0.25) is 24.0 Å². The van der Waals surface area contributed by atoms with Crippen LogP contribution in [0.15, 0.2) is 36.8 Å². The minimum Gasteiger partial charge on any atom is -0.481 e. The second-order valence-corrected chi connectivity index (χ2v) is 11.2. The highest BCUT2D eigenvalue weighted by molar-refractivity contribution is 6.39. The molecule has 0 saturated heterocycles. The molecule has 1 fully saturated rings. The van der Waals surface area contributed by atoms with E-state index in [9.17, 15) is 41.4 Å². The van der Waals surface area contributed by atoms with E-state index in [4.69, 9.17) is 23.2 Å². The number of carbonyl (C=O) groups is 3. The third-order valence-electron chi connectivity index (χ3n) is 7.73. The normalized spacial score (nSPS) is 18.8. The van der Waals surface area contributed by atoms with Gasteiger partial charge in [-0.2, -0.15) is 18.3 Å². The summed E-state index contributed by atoms with van der Waals surface area (Å²) in [4.78, 5) is 43.2. The van der Waals surface area contributed by atoms with E-state index < -0.39 is 71.3 Å². The van der Waals surface area contributed by atoms with Crippen LogP contribution < -0.4 is 0 Å². The molecule has 0 unspecified atom stereocenters. The molecule has 0 spiro atoms. The first kappa shape index (κ1) is 32.3. The van der Waals surface area contributed by atoms with Crippen molar-refractivity contribution >= 4 is 40.9 Å². The van der Waals surface area contributed by atoms with Crippen LogP contribution in [0, 0.1) is 17.0 Å². The minimum atomic E-state index is -5.08. The zero-order valence-corrected chi connectivity index (χ0v) is 24.1. The number of carboxylic acid groups (broad SMARTS) is 1. The number of amides is 1. The molecule has 8 nitrogen and oxygen atoms in total. The Hall–Kier alpha value is -3.58. The second-order valence-electron chi connectivity index (χ2n) is 10.4. The molecule has 2 heterocycles. The maximum absolute atomic E-state index is 14.5. The van der Waals surface area contributed by atoms with Crippen molar-refractivity contribution in [2.45, 2.75) is 57.8 Å². The number of carbonyl (C=O) groups excluding carboxylic acids is 2. The van der Waals surface area contributed by atoms with E-state index in [1.165, 1.54) is 0 Å². The number of halogens is 7. The lowest BCUT2D eigenvalue weighted by Crippen LogP contribution is -2.38. The van der Waals surface area contributed by atoms with Crippen LogP contribution in [0.1, 0.15) is 77.0 Å². The Kier molecular flexibility index (Phi) is 9.45. The molecule has 1 N–H and O–H groups in total. The molecule has 0 atom stereocenters. The van der Waals surface area contributed by atoms with Crippen molar-refractivity contribution in [3.8, 4) is 0 Å². The van der Waals surface area contributed by atoms with Crippen molar-refractivity contribution in [1.82, 2.24) is 19.7 Å². The van der Waals surface area contributed by atoms with Crippen LogP contribution in [0.5, 0.6) is 0 Å². The zero-order valence-electron chi connectivity index (χ0n) is 22.6. The summed E-state index contributed by atoms with van der Waals surface area (Å²) < 4.78 is 72.1. The molecule has 1 aromatic carbocycles. The number of rotatable bonds is 9. The van der Waals surface area contributed by atoms with Crippen molar-refractivity contribution in [3.05, 3.63) is 80.9 Å². The standard InChI is InChI=1S/C28H25Cl2F5N4O4/c1-2-27(26(42)43)5-3-18(4-6-27)39-24(28(33,34)35)19(10-37-39)25(41)38(13-15-7-16(31)9-17(32)8-15)14-22(40)23-20(29)11-36-12-21(23)30/h7-12,18H,2-6,13-14H2,1H3,(H,42,43). The highest BCUT2D eigenvalue weighted by Gasteiger charge is 2.46. The van der Waals surface area contributed by atoms with Crippen LogP contribution in [0.4, 0.5) is 22.0 Å². The van der Waals surface area contributed by atoms with Gasteiger partial charge in [0.1, 0.15) is 11.6 Å². The van der Waals surface area contributed by atoms with Crippen LogP contribution in [0.25, 0.3) is 0 Å². The lowest BCUT2D eigenvalue weighted by Gasteiger charge is -2.36. The van der Waals surface area contributed by atoms with Crippen molar-refractivity contribution in [2.24, 2.45) is 5.41 Å². The molecular weight excluding hydrogens is 622 g/mol. The Labute approximate surface area is 252 Å². The topological polar surface area (TPSA) is 105 Å². The number of aromatic nitrogens is 3. The fraction of sp³-hybridized carbons (Fsp3) is 0.393. The van der Waals surface area contributed by atoms with E-state index >= 15 is 0 Å². The molecule has 1 aliphatic carbocycles. The Balaban J connectivity index is 1.73. The largest absolute Gasteiger partial charge is 0.481 e. The molecule has 0 aliphatic heterocycles. The fourth-order valence-corrected chi connectivity index (χ4v) is 5.99. The molecule has 1 saturated carbocycles. The van der Waals surface area contributed by atoms with Crippen molar-refractivity contribution < 1.29 is 41.4 Å². The molecule has 230 valence electrons. The highest BCUT2D eigenvalue weighted by atomic mass is 35.5. The van der Waals surface area contributed by atoms with E-state index in [1.54, 1.807) is 6.92 Å². The Morgan fingerprint density at radius 2 is 1.63 bits per heavy atom. The summed E-state index contributed by atoms with van der Waals surface area (Å²) >= 11 is 12.1. The van der Waals surface area contributed by atoms with Crippen LogP contribution in [0.2, 0.25) is 10.0 Å². The Morgan fingerprint density at radius 1 is 1.05 bits per heavy atom. The molecule has 1 aliphatic rings. The Bertz CT molecular complexity index is 1510. The maximum Gasteiger partial charge on any atom is 0.433 e. The first-order valence-corrected chi connectivity index (χ1v) is 13.9. The second kappa shape index (κ2) is 12.6. The molecule has 15 heteroatoms. The van der Waals surface area contributed by atoms with Gasteiger partial charge >= 0.3 is 12.1 Å². The van der Waals surface area contributed by atoms with Crippen LogP contribution in [-0.4, -0.2) is 49.0 Å². The molecule has 4 rings (SSSR count). The first-order valence-electron chi connectivity index (χ1n) is 13.1. The molecule has 0 radical (unpaired) electrons. The van der Waals surface area contributed by atoms with Gasteiger partial charge in [-0.15, -0.1) is 0 Å². The van der Waals surface area contributed by atoms with E-state index in [1.807, 2.05) is 0 Å². The third kappa shape index (κ3) is 6.82. The van der Waals surface area contributed by atoms with Crippen LogP contribution >= 0.6 is 23.2 Å². The van der Waals surface area contributed by atoms with E-state index in [0.717, 1.165) is 30.7 Å². The average molecular weight is 647 g/mol. The van der Waals surface area contributed by atoms with E-state index in [0.29, 0.717) is 22.1 Å². The average Bonchev–Trinajstić information content (AvgIpc) is 3.38. The minimum absolute atomic E-state index is 0.0718. The number of pyridine rings is 1. The predicted molar refractivity (Wildman–Crippen MR) is 145 cm³/mol. The van der Waals surface area contributed by atoms with Crippen LogP contribution in [-0.2, 0) is 17.5 Å². The van der Waals surface area contributed by atoms with Gasteiger partial charge in [0.05, 0.1) is 45.4 Å². The van der Waals surface area contributed by atoms with Gasteiger partial charge in [-0.1, -0.05) is 30.1 Å². The molecule has 43 heavy (non-hydrogen) atoms. The number of hydrogen-bond donors (Lipinski definition) is 1. The summed E-state index contributed by atoms with van der Waals surface area (Å²) in [5, 5.41) is 13.2. The van der Waals surface area contributed by atoms with Crippen molar-refractivity contribution in [1.29, 1.82) is 0 Å². The molecule has 0 bridgehead atoms. The number of nitrogens with zero attached hydrogens (tertiary/aromatic N) is 4. The smallest absolute Gasteiger partial charge is 0.433 e. The lowest BCUT2D eigenvalue weighted by molar-refractivity contribution is -0.153. The fourth-order valence-electron chi connectivity index (χ4n) is 5.42. The summed E-state index contributed by atoms with van der Waals surface area (Å²) in [6.45, 7) is 0.194. The number of hydrogen-bond acceptors (Lipinski definition) is 5. The number of aliphatic carboxylic acids is 1. The SMILES string of the molecule is CCC1(C(=O)O)CCC(n2ncc(C(=O)N(CC(=O)c3c(Cl)cncc3Cl)Cc3cc(F)cc(F)c3)c2C(F)(F)F)CC1. The van der Waals surface area contributed by atoms with Crippen molar-refractivity contribution in [3.63, 3.8) is 0 Å². The predicted octanol–water partition coefficient (Wildman–Crippen LogP) is 7.00. The van der Waals surface area contributed by atoms with Gasteiger partial charge in [-0.25, -0.2) is 8.78 Å². The summed E-state index contributed by atoms with van der Waals surface area (Å²) in [6.07, 6.45) is -1.45. The lowest BCUT2D eigenvalue weighted by atomic mass is 9.71. The zero-order chi connectivity index (χ0) is 31.7. The van der Waals surface area contributed by atoms with Gasteiger partial charge in [0.15, 0.2) is 11.5 Å². The van der Waals surface area contributed by atoms with Gasteiger partial charge < -0.3 is 10.0 Å². The van der Waals surface area contributed by atoms with Gasteiger partial charge in [0.2, 0.25) is 0 Å². The quantitative estimate of drug-likeness (QED) is 0.198.